The first kappa shape index (κ1) is 14.9. The molecule has 3 rings (SSSR count). The number of nitrogens with zero attached hydrogens (tertiary/aromatic N) is 1. The lowest BCUT2D eigenvalue weighted by Gasteiger charge is -2.21. The van der Waals surface area contributed by atoms with Crippen molar-refractivity contribution in [1.82, 2.24) is 5.32 Å². The molecule has 0 spiro atoms. The topological polar surface area (TPSA) is 58.4 Å². The third-order valence-corrected chi connectivity index (χ3v) is 5.24. The number of rotatable bonds is 3. The Balaban J connectivity index is 1.55. The number of para-hydroxylation sites is 1. The minimum atomic E-state index is 0.123. The molecule has 1 aromatic rings. The third-order valence-electron chi connectivity index (χ3n) is 4.57. The number of nitrogens with two attached hydrogens (primary N) is 1. The molecule has 2 fully saturated rings. The van der Waals surface area contributed by atoms with Gasteiger partial charge in [-0.05, 0) is 53.7 Å². The lowest BCUT2D eigenvalue weighted by molar-refractivity contribution is -0.125. The predicted octanol–water partition coefficient (Wildman–Crippen LogP) is 2.27. The van der Waals surface area contributed by atoms with Gasteiger partial charge in [-0.25, -0.2) is 0 Å². The van der Waals surface area contributed by atoms with Gasteiger partial charge in [-0.2, -0.15) is 0 Å². The van der Waals surface area contributed by atoms with Crippen LogP contribution < -0.4 is 16.0 Å². The highest BCUT2D eigenvalue weighted by molar-refractivity contribution is 9.10. The van der Waals surface area contributed by atoms with Crippen LogP contribution in [0.2, 0.25) is 0 Å². The summed E-state index contributed by atoms with van der Waals surface area (Å²) in [5.41, 5.74) is 7.10. The van der Waals surface area contributed by atoms with Gasteiger partial charge in [-0.3, -0.25) is 4.79 Å². The molecule has 1 saturated heterocycles. The molecule has 5 heteroatoms. The third kappa shape index (κ3) is 3.40. The number of nitrogens with one attached hydrogen (secondary N) is 1. The predicted molar refractivity (Wildman–Crippen MR) is 88.2 cm³/mol. The molecule has 114 valence electrons. The van der Waals surface area contributed by atoms with E-state index in [-0.39, 0.29) is 23.9 Å². The van der Waals surface area contributed by atoms with Crippen LogP contribution in [0, 0.1) is 5.92 Å². The minimum Gasteiger partial charge on any atom is -0.368 e. The molecular weight excluding hydrogens is 330 g/mol. The van der Waals surface area contributed by atoms with E-state index < -0.39 is 0 Å². The maximum Gasteiger partial charge on any atom is 0.223 e. The first-order valence-electron chi connectivity index (χ1n) is 7.69. The Morgan fingerprint density at radius 2 is 2.10 bits per heavy atom. The van der Waals surface area contributed by atoms with E-state index in [1.807, 2.05) is 12.1 Å². The lowest BCUT2D eigenvalue weighted by atomic mass is 10.1. The molecule has 1 aliphatic carbocycles. The summed E-state index contributed by atoms with van der Waals surface area (Å²) >= 11 is 3.59. The number of carbonyl (C=O) groups is 1. The molecule has 1 heterocycles. The zero-order chi connectivity index (χ0) is 14.8. The first-order chi connectivity index (χ1) is 10.1. The van der Waals surface area contributed by atoms with Gasteiger partial charge in [0.2, 0.25) is 5.91 Å². The second-order valence-electron chi connectivity index (χ2n) is 6.16. The number of anilines is 1. The number of halogens is 1. The fraction of sp³-hybridized carbons (Fsp3) is 0.562. The van der Waals surface area contributed by atoms with Crippen LogP contribution in [0.15, 0.2) is 28.7 Å². The molecule has 1 aliphatic heterocycles. The quantitative estimate of drug-likeness (QED) is 0.878. The number of carbonyl (C=O) groups excluding carboxylic acids is 1. The molecule has 0 aromatic heterocycles. The van der Waals surface area contributed by atoms with Gasteiger partial charge >= 0.3 is 0 Å². The summed E-state index contributed by atoms with van der Waals surface area (Å²) in [5.74, 6) is 0.319. The van der Waals surface area contributed by atoms with Crippen molar-refractivity contribution in [3.63, 3.8) is 0 Å². The van der Waals surface area contributed by atoms with Crippen molar-refractivity contribution >= 4 is 27.5 Å². The molecule has 21 heavy (non-hydrogen) atoms. The molecule has 1 aromatic carbocycles. The van der Waals surface area contributed by atoms with Gasteiger partial charge in [-0.1, -0.05) is 12.1 Å². The van der Waals surface area contributed by atoms with Crippen LogP contribution in [0.25, 0.3) is 0 Å². The van der Waals surface area contributed by atoms with Gasteiger partial charge in [0, 0.05) is 35.6 Å². The second-order valence-corrected chi connectivity index (χ2v) is 7.02. The van der Waals surface area contributed by atoms with Gasteiger partial charge in [0.25, 0.3) is 0 Å². The van der Waals surface area contributed by atoms with Gasteiger partial charge in [-0.15, -0.1) is 0 Å². The van der Waals surface area contributed by atoms with Crippen molar-refractivity contribution in [2.75, 3.05) is 18.0 Å². The molecular formula is C16H22BrN3O. The normalized spacial score (nSPS) is 28.9. The summed E-state index contributed by atoms with van der Waals surface area (Å²) in [6, 6.07) is 8.70. The number of hydrogen-bond donors (Lipinski definition) is 2. The Morgan fingerprint density at radius 1 is 1.29 bits per heavy atom. The Labute approximate surface area is 134 Å². The maximum absolute atomic E-state index is 12.3. The Morgan fingerprint density at radius 3 is 2.81 bits per heavy atom. The van der Waals surface area contributed by atoms with Crippen LogP contribution in [-0.2, 0) is 4.79 Å². The van der Waals surface area contributed by atoms with Crippen molar-refractivity contribution in [3.05, 3.63) is 28.7 Å². The highest BCUT2D eigenvalue weighted by Crippen LogP contribution is 2.29. The summed E-state index contributed by atoms with van der Waals surface area (Å²) in [4.78, 5) is 14.6. The first-order valence-corrected chi connectivity index (χ1v) is 8.48. The molecule has 0 unspecified atom stereocenters. The molecule has 2 aliphatic rings. The number of benzene rings is 1. The second kappa shape index (κ2) is 6.36. The van der Waals surface area contributed by atoms with Crippen molar-refractivity contribution in [2.45, 2.75) is 37.8 Å². The maximum atomic E-state index is 12.3. The Bertz CT molecular complexity index is 522. The largest absolute Gasteiger partial charge is 0.368 e. The van der Waals surface area contributed by atoms with E-state index in [4.69, 9.17) is 5.73 Å². The lowest BCUT2D eigenvalue weighted by Crippen LogP contribution is -2.40. The van der Waals surface area contributed by atoms with E-state index >= 15 is 0 Å². The average molecular weight is 352 g/mol. The fourth-order valence-corrected chi connectivity index (χ4v) is 3.91. The zero-order valence-electron chi connectivity index (χ0n) is 12.1. The van der Waals surface area contributed by atoms with Gasteiger partial charge < -0.3 is 16.0 Å². The summed E-state index contributed by atoms with van der Waals surface area (Å²) in [6.07, 6.45) is 3.76. The smallest absolute Gasteiger partial charge is 0.223 e. The molecule has 4 nitrogen and oxygen atoms in total. The number of amides is 1. The molecule has 0 bridgehead atoms. The van der Waals surface area contributed by atoms with E-state index in [0.29, 0.717) is 0 Å². The van der Waals surface area contributed by atoms with E-state index in [1.165, 1.54) is 5.69 Å². The van der Waals surface area contributed by atoms with E-state index in [2.05, 4.69) is 38.3 Å². The van der Waals surface area contributed by atoms with Crippen molar-refractivity contribution in [2.24, 2.45) is 11.7 Å². The standard InChI is InChI=1S/C16H22BrN3O/c17-14-3-1-2-4-15(14)20-8-7-13(10-20)19-16(21)11-5-6-12(18)9-11/h1-4,11-13H,5-10,18H2,(H,19,21)/t11-,12-,13+/m1/s1. The molecule has 3 atom stereocenters. The van der Waals surface area contributed by atoms with Crippen molar-refractivity contribution < 1.29 is 4.79 Å². The summed E-state index contributed by atoms with van der Waals surface area (Å²) in [5, 5.41) is 3.21. The fourth-order valence-electron chi connectivity index (χ4n) is 3.38. The minimum absolute atomic E-state index is 0.123. The highest BCUT2D eigenvalue weighted by atomic mass is 79.9. The van der Waals surface area contributed by atoms with Gasteiger partial charge in [0.05, 0.1) is 5.69 Å². The molecule has 1 amide bonds. The Hall–Kier alpha value is -1.07. The van der Waals surface area contributed by atoms with Crippen LogP contribution >= 0.6 is 15.9 Å². The summed E-state index contributed by atoms with van der Waals surface area (Å²) in [6.45, 7) is 1.87. The zero-order valence-corrected chi connectivity index (χ0v) is 13.7. The van der Waals surface area contributed by atoms with Crippen LogP contribution in [-0.4, -0.2) is 31.1 Å². The van der Waals surface area contributed by atoms with Crippen LogP contribution in [0.5, 0.6) is 0 Å². The molecule has 3 N–H and O–H groups in total. The molecule has 1 saturated carbocycles. The molecule has 0 radical (unpaired) electrons. The SMILES string of the molecule is N[C@@H]1CC[C@@H](C(=O)N[C@H]2CCN(c3ccccc3Br)C2)C1. The van der Waals surface area contributed by atoms with Gasteiger partial charge in [0.1, 0.15) is 0 Å². The highest BCUT2D eigenvalue weighted by Gasteiger charge is 2.31. The van der Waals surface area contributed by atoms with Crippen molar-refractivity contribution in [1.29, 1.82) is 0 Å². The Kier molecular flexibility index (Phi) is 4.50. The van der Waals surface area contributed by atoms with E-state index in [1.54, 1.807) is 0 Å². The van der Waals surface area contributed by atoms with Crippen LogP contribution in [0.1, 0.15) is 25.7 Å². The number of hydrogen-bond acceptors (Lipinski definition) is 3. The summed E-state index contributed by atoms with van der Waals surface area (Å²) < 4.78 is 1.11. The van der Waals surface area contributed by atoms with Crippen LogP contribution in [0.3, 0.4) is 0 Å². The average Bonchev–Trinajstić information content (AvgIpc) is 3.08. The monoisotopic (exact) mass is 351 g/mol. The summed E-state index contributed by atoms with van der Waals surface area (Å²) in [7, 11) is 0. The van der Waals surface area contributed by atoms with Crippen molar-refractivity contribution in [3.8, 4) is 0 Å². The van der Waals surface area contributed by atoms with Gasteiger partial charge in [0.15, 0.2) is 0 Å². The van der Waals surface area contributed by atoms with E-state index in [9.17, 15) is 4.79 Å². The van der Waals surface area contributed by atoms with Crippen LogP contribution in [0.4, 0.5) is 5.69 Å². The van der Waals surface area contributed by atoms with E-state index in [0.717, 1.165) is 43.2 Å².